The predicted octanol–water partition coefficient (Wildman–Crippen LogP) is 1.69. The van der Waals surface area contributed by atoms with Gasteiger partial charge in [-0.3, -0.25) is 5.10 Å². The number of nitrogens with one attached hydrogen (secondary N) is 1. The number of halogens is 2. The van der Waals surface area contributed by atoms with Crippen LogP contribution in [0.3, 0.4) is 0 Å². The number of hydrogen-bond donors (Lipinski definition) is 2. The Kier molecular flexibility index (Phi) is 3.53. The first-order chi connectivity index (χ1) is 9.36. The molecule has 2 heterocycles. The van der Waals surface area contributed by atoms with Gasteiger partial charge in [0.25, 0.3) is 0 Å². The molecule has 0 aliphatic carbocycles. The third-order valence-corrected chi connectivity index (χ3v) is 2.66. The minimum atomic E-state index is -3.49. The van der Waals surface area contributed by atoms with E-state index in [-0.39, 0.29) is 23.7 Å². The Morgan fingerprint density at radius 2 is 2.30 bits per heavy atom. The molecule has 0 fully saturated rings. The molecule has 0 bridgehead atoms. The molecule has 0 aliphatic rings. The Labute approximate surface area is 112 Å². The van der Waals surface area contributed by atoms with Gasteiger partial charge in [-0.1, -0.05) is 0 Å². The molecule has 0 radical (unpaired) electrons. The quantitative estimate of drug-likeness (QED) is 0.872. The lowest BCUT2D eigenvalue weighted by Crippen LogP contribution is -2.18. The highest BCUT2D eigenvalue weighted by Gasteiger charge is 2.35. The number of nitrogens with zero attached hydrogens (tertiary/aromatic N) is 3. The van der Waals surface area contributed by atoms with E-state index in [1.54, 1.807) is 0 Å². The van der Waals surface area contributed by atoms with Crippen molar-refractivity contribution < 1.29 is 23.4 Å². The van der Waals surface area contributed by atoms with E-state index in [1.165, 1.54) is 13.8 Å². The van der Waals surface area contributed by atoms with Crippen molar-refractivity contribution in [1.82, 2.24) is 20.0 Å². The second-order valence-corrected chi connectivity index (χ2v) is 3.95. The van der Waals surface area contributed by atoms with E-state index in [1.807, 2.05) is 0 Å². The molecule has 0 atom stereocenters. The first kappa shape index (κ1) is 14.1. The second-order valence-electron chi connectivity index (χ2n) is 3.95. The van der Waals surface area contributed by atoms with Gasteiger partial charge in [-0.25, -0.2) is 9.48 Å². The standard InChI is InChI=1S/C11H12F2N4O3/c1-3-20-11(12,13)8-4-9(16-15-8)17-6(2)7(5-14-17)10(18)19/h4-5H,3H2,1-2H3,(H,15,16)(H,18,19). The van der Waals surface area contributed by atoms with E-state index in [4.69, 9.17) is 5.11 Å². The summed E-state index contributed by atoms with van der Waals surface area (Å²) in [6.45, 7) is 2.79. The summed E-state index contributed by atoms with van der Waals surface area (Å²) in [6, 6.07) is 1.06. The van der Waals surface area contributed by atoms with Crippen LogP contribution in [-0.4, -0.2) is 37.7 Å². The fourth-order valence-corrected chi connectivity index (χ4v) is 1.68. The van der Waals surface area contributed by atoms with Crippen molar-refractivity contribution >= 4 is 5.97 Å². The van der Waals surface area contributed by atoms with Gasteiger partial charge in [0.2, 0.25) is 0 Å². The molecule has 0 aliphatic heterocycles. The Bertz CT molecular complexity index is 635. The third-order valence-electron chi connectivity index (χ3n) is 2.66. The fraction of sp³-hybridized carbons (Fsp3) is 0.364. The summed E-state index contributed by atoms with van der Waals surface area (Å²) in [5.41, 5.74) is -0.262. The summed E-state index contributed by atoms with van der Waals surface area (Å²) in [7, 11) is 0. The van der Waals surface area contributed by atoms with E-state index in [0.717, 1.165) is 16.9 Å². The fourth-order valence-electron chi connectivity index (χ4n) is 1.68. The monoisotopic (exact) mass is 286 g/mol. The number of carbonyl (C=O) groups is 1. The maximum Gasteiger partial charge on any atom is 0.399 e. The maximum absolute atomic E-state index is 13.5. The lowest BCUT2D eigenvalue weighted by atomic mass is 10.3. The average molecular weight is 286 g/mol. The van der Waals surface area contributed by atoms with Crippen LogP contribution in [0.4, 0.5) is 8.78 Å². The number of carboxylic acids is 1. The molecular formula is C11H12F2N4O3. The van der Waals surface area contributed by atoms with Gasteiger partial charge in [0.1, 0.15) is 11.3 Å². The smallest absolute Gasteiger partial charge is 0.399 e. The molecule has 2 rings (SSSR count). The largest absolute Gasteiger partial charge is 0.478 e. The number of aromatic carboxylic acids is 1. The van der Waals surface area contributed by atoms with Crippen LogP contribution in [-0.2, 0) is 10.8 Å². The van der Waals surface area contributed by atoms with Crippen molar-refractivity contribution in [3.05, 3.63) is 29.2 Å². The van der Waals surface area contributed by atoms with Gasteiger partial charge in [0.15, 0.2) is 5.82 Å². The van der Waals surface area contributed by atoms with Crippen molar-refractivity contribution in [2.75, 3.05) is 6.61 Å². The molecule has 20 heavy (non-hydrogen) atoms. The van der Waals surface area contributed by atoms with Crippen LogP contribution in [0, 0.1) is 6.92 Å². The van der Waals surface area contributed by atoms with E-state index in [9.17, 15) is 13.6 Å². The molecule has 0 aromatic carbocycles. The molecule has 0 saturated heterocycles. The van der Waals surface area contributed by atoms with Crippen LogP contribution < -0.4 is 0 Å². The molecule has 0 saturated carbocycles. The van der Waals surface area contributed by atoms with Crippen molar-refractivity contribution in [3.63, 3.8) is 0 Å². The maximum atomic E-state index is 13.5. The Balaban J connectivity index is 2.36. The van der Waals surface area contributed by atoms with E-state index in [2.05, 4.69) is 20.0 Å². The lowest BCUT2D eigenvalue weighted by Gasteiger charge is -2.12. The van der Waals surface area contributed by atoms with Crippen molar-refractivity contribution in [2.24, 2.45) is 0 Å². The zero-order chi connectivity index (χ0) is 14.9. The summed E-state index contributed by atoms with van der Waals surface area (Å²) < 4.78 is 32.5. The van der Waals surface area contributed by atoms with Crippen LogP contribution >= 0.6 is 0 Å². The molecule has 2 aromatic rings. The zero-order valence-corrected chi connectivity index (χ0v) is 10.7. The normalized spacial score (nSPS) is 11.8. The molecule has 0 unspecified atom stereocenters. The summed E-state index contributed by atoms with van der Waals surface area (Å²) >= 11 is 0. The first-order valence-electron chi connectivity index (χ1n) is 5.72. The van der Waals surface area contributed by atoms with Crippen LogP contribution in [0.2, 0.25) is 0 Å². The molecule has 9 heteroatoms. The van der Waals surface area contributed by atoms with Gasteiger partial charge in [-0.2, -0.15) is 19.0 Å². The molecule has 0 amide bonds. The third kappa shape index (κ3) is 2.39. The summed E-state index contributed by atoms with van der Waals surface area (Å²) in [5.74, 6) is -1.09. The van der Waals surface area contributed by atoms with Crippen LogP contribution in [0.1, 0.15) is 28.7 Å². The van der Waals surface area contributed by atoms with Crippen molar-refractivity contribution in [1.29, 1.82) is 0 Å². The van der Waals surface area contributed by atoms with Crippen molar-refractivity contribution in [2.45, 2.75) is 20.0 Å². The number of ether oxygens (including phenoxy) is 1. The molecule has 0 spiro atoms. The van der Waals surface area contributed by atoms with Crippen LogP contribution in [0.5, 0.6) is 0 Å². The van der Waals surface area contributed by atoms with E-state index in [0.29, 0.717) is 0 Å². The van der Waals surface area contributed by atoms with Gasteiger partial charge >= 0.3 is 12.1 Å². The van der Waals surface area contributed by atoms with Crippen molar-refractivity contribution in [3.8, 4) is 5.82 Å². The van der Waals surface area contributed by atoms with Gasteiger partial charge in [-0.15, -0.1) is 0 Å². The highest BCUT2D eigenvalue weighted by Crippen LogP contribution is 2.28. The van der Waals surface area contributed by atoms with Gasteiger partial charge in [-0.05, 0) is 13.8 Å². The second kappa shape index (κ2) is 5.00. The minimum Gasteiger partial charge on any atom is -0.478 e. The summed E-state index contributed by atoms with van der Waals surface area (Å²) in [6.07, 6.45) is -2.36. The summed E-state index contributed by atoms with van der Waals surface area (Å²) in [5, 5.41) is 18.6. The Hall–Kier alpha value is -2.29. The molecule has 7 nitrogen and oxygen atoms in total. The number of H-pyrrole nitrogens is 1. The zero-order valence-electron chi connectivity index (χ0n) is 10.7. The first-order valence-corrected chi connectivity index (χ1v) is 5.72. The highest BCUT2D eigenvalue weighted by atomic mass is 19.3. The number of aromatic nitrogens is 4. The Morgan fingerprint density at radius 3 is 2.85 bits per heavy atom. The van der Waals surface area contributed by atoms with Crippen LogP contribution in [0.15, 0.2) is 12.3 Å². The number of hydrogen-bond acceptors (Lipinski definition) is 4. The molecule has 2 N–H and O–H groups in total. The van der Waals surface area contributed by atoms with Gasteiger partial charge in [0, 0.05) is 6.07 Å². The Morgan fingerprint density at radius 1 is 1.60 bits per heavy atom. The van der Waals surface area contributed by atoms with Crippen LogP contribution in [0.25, 0.3) is 5.82 Å². The highest BCUT2D eigenvalue weighted by molar-refractivity contribution is 5.88. The van der Waals surface area contributed by atoms with Gasteiger partial charge < -0.3 is 9.84 Å². The SMILES string of the molecule is CCOC(F)(F)c1cc(-n2ncc(C(=O)O)c2C)n[nH]1. The van der Waals surface area contributed by atoms with Gasteiger partial charge in [0.05, 0.1) is 18.5 Å². The molecule has 2 aromatic heterocycles. The molecular weight excluding hydrogens is 274 g/mol. The molecule has 108 valence electrons. The number of rotatable bonds is 5. The number of alkyl halides is 2. The van der Waals surface area contributed by atoms with E-state index >= 15 is 0 Å². The number of carboxylic acid groups (broad SMARTS) is 1. The minimum absolute atomic E-state index is 0.0221. The predicted molar refractivity (Wildman–Crippen MR) is 62.9 cm³/mol. The summed E-state index contributed by atoms with van der Waals surface area (Å²) in [4.78, 5) is 10.9. The average Bonchev–Trinajstić information content (AvgIpc) is 2.94. The number of aromatic amines is 1. The topological polar surface area (TPSA) is 93.0 Å². The lowest BCUT2D eigenvalue weighted by molar-refractivity contribution is -0.248. The van der Waals surface area contributed by atoms with E-state index < -0.39 is 17.8 Å².